The third-order valence-corrected chi connectivity index (χ3v) is 8.61. The molecule has 0 aliphatic heterocycles. The van der Waals surface area contributed by atoms with Gasteiger partial charge < -0.3 is 28.4 Å². The van der Waals surface area contributed by atoms with Crippen LogP contribution >= 0.6 is 0 Å². The second kappa shape index (κ2) is 41.3. The fourth-order valence-corrected chi connectivity index (χ4v) is 4.98. The van der Waals surface area contributed by atoms with Gasteiger partial charge in [0, 0.05) is 61.5 Å². The summed E-state index contributed by atoms with van der Waals surface area (Å²) in [6.07, 6.45) is 4.84. The van der Waals surface area contributed by atoms with E-state index in [0.717, 1.165) is 65.1 Å². The predicted octanol–water partition coefficient (Wildman–Crippen LogP) is 17.7. The van der Waals surface area contributed by atoms with Gasteiger partial charge in [-0.05, 0) is 131 Å². The van der Waals surface area contributed by atoms with Crippen molar-refractivity contribution >= 4 is 0 Å². The Bertz CT molecular complexity index is 911. The lowest BCUT2D eigenvalue weighted by molar-refractivity contribution is -0.325. The molecule has 0 saturated carbocycles. The molecule has 0 radical (unpaired) electrons. The molecule has 0 amide bonds. The van der Waals surface area contributed by atoms with Crippen molar-refractivity contribution in [3.63, 3.8) is 0 Å². The Morgan fingerprint density at radius 2 is 0.862 bits per heavy atom. The van der Waals surface area contributed by atoms with Crippen molar-refractivity contribution in [2.75, 3.05) is 68.1 Å². The van der Waals surface area contributed by atoms with E-state index in [0.29, 0.717) is 51.1 Å². The van der Waals surface area contributed by atoms with Gasteiger partial charge in [0.05, 0.1) is 24.4 Å². The number of halogens is 3. The number of ether oxygens (including phenoxy) is 7. The van der Waals surface area contributed by atoms with Crippen molar-refractivity contribution in [1.82, 2.24) is 0 Å². The largest absolute Gasteiger partial charge is 0.522 e. The zero-order valence-corrected chi connectivity index (χ0v) is 49.6. The maximum atomic E-state index is 11.3. The minimum Gasteiger partial charge on any atom is -0.385 e. The zero-order valence-electron chi connectivity index (χ0n) is 49.6. The van der Waals surface area contributed by atoms with Gasteiger partial charge in [-0.15, -0.1) is 13.2 Å². The molecule has 0 saturated heterocycles. The van der Waals surface area contributed by atoms with Gasteiger partial charge in [0.1, 0.15) is 0 Å². The molecule has 0 aliphatic carbocycles. The summed E-state index contributed by atoms with van der Waals surface area (Å²) in [5.74, 6) is 0.252. The van der Waals surface area contributed by atoms with Crippen LogP contribution in [0.1, 0.15) is 231 Å². The van der Waals surface area contributed by atoms with E-state index >= 15 is 0 Å². The molecule has 0 rings (SSSR count). The Kier molecular flexibility index (Phi) is 50.0. The number of hydrogen-bond donors (Lipinski definition) is 0. The van der Waals surface area contributed by atoms with Gasteiger partial charge >= 0.3 is 6.36 Å². The van der Waals surface area contributed by atoms with E-state index in [-0.39, 0.29) is 18.1 Å². The Morgan fingerprint density at radius 1 is 0.462 bits per heavy atom. The fourth-order valence-electron chi connectivity index (χ4n) is 4.98. The van der Waals surface area contributed by atoms with Crippen LogP contribution in [-0.2, 0) is 33.2 Å². The summed E-state index contributed by atoms with van der Waals surface area (Å²) in [6, 6.07) is 0. The Hall–Kier alpha value is -0.490. The average Bonchev–Trinajstić information content (AvgIpc) is 3.05. The van der Waals surface area contributed by atoms with Crippen molar-refractivity contribution < 1.29 is 46.3 Å². The maximum absolute atomic E-state index is 11.3. The molecule has 0 aliphatic rings. The summed E-state index contributed by atoms with van der Waals surface area (Å²) in [6.45, 7) is 60.5. The van der Waals surface area contributed by atoms with Crippen molar-refractivity contribution in [2.45, 2.75) is 256 Å². The van der Waals surface area contributed by atoms with Crippen LogP contribution in [0.25, 0.3) is 0 Å². The molecular formula is C55H121F3O7. The van der Waals surface area contributed by atoms with E-state index in [1.54, 1.807) is 28.4 Å². The molecule has 7 nitrogen and oxygen atoms in total. The van der Waals surface area contributed by atoms with Crippen LogP contribution in [0.2, 0.25) is 0 Å². The van der Waals surface area contributed by atoms with Crippen molar-refractivity contribution in [1.29, 1.82) is 0 Å². The average molecular weight is 952 g/mol. The summed E-state index contributed by atoms with van der Waals surface area (Å²) >= 11 is 0. The molecule has 0 fully saturated rings. The second-order valence-electron chi connectivity index (χ2n) is 25.7. The first-order valence-corrected chi connectivity index (χ1v) is 24.7. The quantitative estimate of drug-likeness (QED) is 0.127. The maximum Gasteiger partial charge on any atom is 0.522 e. The van der Waals surface area contributed by atoms with Crippen LogP contribution in [0.15, 0.2) is 0 Å². The highest BCUT2D eigenvalue weighted by Crippen LogP contribution is 2.28. The van der Waals surface area contributed by atoms with E-state index in [1.807, 2.05) is 20.8 Å². The van der Waals surface area contributed by atoms with Crippen molar-refractivity contribution in [2.24, 2.45) is 38.4 Å². The van der Waals surface area contributed by atoms with Gasteiger partial charge in [0.25, 0.3) is 0 Å². The lowest BCUT2D eigenvalue weighted by Crippen LogP contribution is -2.28. The molecule has 65 heavy (non-hydrogen) atoms. The lowest BCUT2D eigenvalue weighted by Gasteiger charge is -2.30. The zero-order chi connectivity index (χ0) is 53.6. The third-order valence-electron chi connectivity index (χ3n) is 8.61. The van der Waals surface area contributed by atoms with Crippen LogP contribution in [0.4, 0.5) is 13.2 Å². The van der Waals surface area contributed by atoms with Crippen LogP contribution < -0.4 is 0 Å². The van der Waals surface area contributed by atoms with Gasteiger partial charge in [-0.25, -0.2) is 0 Å². The van der Waals surface area contributed by atoms with Crippen LogP contribution in [0.5, 0.6) is 0 Å². The number of hydrogen-bond acceptors (Lipinski definition) is 7. The Morgan fingerprint density at radius 3 is 1.09 bits per heavy atom. The van der Waals surface area contributed by atoms with E-state index in [1.165, 1.54) is 12.8 Å². The first kappa shape index (κ1) is 78.7. The lowest BCUT2D eigenvalue weighted by atomic mass is 9.84. The SMILES string of the molecule is CC(C)CCOC(F)(F)F.CC(C)OCCC(C)(C)C.CCOCCC(C)(C)C.COC(C)(C)CC(C)(C)C.COC(C)CC(C)(C)C.COCCC(C)(C)C.COCCCC(C)(C)C. The van der Waals surface area contributed by atoms with E-state index < -0.39 is 6.36 Å². The highest BCUT2D eigenvalue weighted by molar-refractivity contribution is 4.76. The minimum atomic E-state index is -4.46. The van der Waals surface area contributed by atoms with Crippen LogP contribution in [-0.4, -0.2) is 92.3 Å². The summed E-state index contributed by atoms with van der Waals surface area (Å²) in [4.78, 5) is 0. The van der Waals surface area contributed by atoms with Gasteiger partial charge in [-0.2, -0.15) is 0 Å². The predicted molar refractivity (Wildman–Crippen MR) is 279 cm³/mol. The molecule has 0 N–H and O–H groups in total. The van der Waals surface area contributed by atoms with Crippen LogP contribution in [0.3, 0.4) is 0 Å². The number of rotatable bonds is 18. The highest BCUT2D eigenvalue weighted by atomic mass is 19.4. The highest BCUT2D eigenvalue weighted by Gasteiger charge is 2.28. The molecular weight excluding hydrogens is 830 g/mol. The first-order valence-electron chi connectivity index (χ1n) is 24.7. The standard InChI is InChI=1S/2C9H20O.3C8H18O.C7H16O.C6H11F3O/c1-8(2,3)7-9(4,5)10-6;1-8(2)10-7-6-9(3,4)5;1-7(9-5)6-8(2,3)4;1-8(2,3)6-5-7-9-4;1-5-9-7-6-8(2,3)4;1-7(2,3)5-6-8-4;1-5(2)3-4-10-6(7,8)9/h7H2,1-6H3;8H,6-7H2,1-5H3;7H,6H2,1-5H3;2*5-7H2,1-4H3;5-6H2,1-4H3;5H,3-4H2,1-2H3. The summed E-state index contributed by atoms with van der Waals surface area (Å²) in [7, 11) is 7.02. The molecule has 10 heteroatoms. The van der Waals surface area contributed by atoms with Gasteiger partial charge in [-0.1, -0.05) is 138 Å². The first-order chi connectivity index (χ1) is 28.7. The van der Waals surface area contributed by atoms with E-state index in [2.05, 4.69) is 164 Å². The molecule has 0 aromatic heterocycles. The number of alkyl halides is 3. The molecule has 0 aromatic carbocycles. The molecule has 404 valence electrons. The van der Waals surface area contributed by atoms with E-state index in [9.17, 15) is 13.2 Å². The monoisotopic (exact) mass is 951 g/mol. The molecule has 0 spiro atoms. The normalized spacial score (nSPS) is 13.0. The Balaban J connectivity index is -0.000000121. The van der Waals surface area contributed by atoms with Gasteiger partial charge in [0.2, 0.25) is 0 Å². The summed E-state index contributed by atoms with van der Waals surface area (Å²) in [5, 5.41) is 0. The molecule has 0 heterocycles. The third kappa shape index (κ3) is 111. The Labute approximate surface area is 407 Å². The molecule has 0 aromatic rings. The number of methoxy groups -OCH3 is 4. The van der Waals surface area contributed by atoms with Crippen molar-refractivity contribution in [3.8, 4) is 0 Å². The molecule has 0 bridgehead atoms. The van der Waals surface area contributed by atoms with Gasteiger partial charge in [-0.3, -0.25) is 4.74 Å². The minimum absolute atomic E-state index is 0.0260. The van der Waals surface area contributed by atoms with Gasteiger partial charge in [0.15, 0.2) is 0 Å². The van der Waals surface area contributed by atoms with E-state index in [4.69, 9.17) is 28.4 Å². The second-order valence-corrected chi connectivity index (χ2v) is 25.7. The van der Waals surface area contributed by atoms with Crippen molar-refractivity contribution in [3.05, 3.63) is 0 Å². The molecule has 1 unspecified atom stereocenters. The fraction of sp³-hybridized carbons (Fsp3) is 1.00. The smallest absolute Gasteiger partial charge is 0.385 e. The van der Waals surface area contributed by atoms with Crippen LogP contribution in [0, 0.1) is 38.4 Å². The summed E-state index contributed by atoms with van der Waals surface area (Å²) in [5.41, 5.74) is 2.52. The molecule has 1 atom stereocenters. The summed E-state index contributed by atoms with van der Waals surface area (Å²) < 4.78 is 68.3. The topological polar surface area (TPSA) is 64.6 Å².